The lowest BCUT2D eigenvalue weighted by atomic mass is 10.0. The third-order valence-corrected chi connectivity index (χ3v) is 16.1. The van der Waals surface area contributed by atoms with Gasteiger partial charge in [-0.1, -0.05) is 321 Å². The zero-order valence-corrected chi connectivity index (χ0v) is 51.2. The number of unbranched alkanes of at least 4 members (excludes halogenated alkanes) is 46. The molecule has 0 fully saturated rings. The van der Waals surface area contributed by atoms with Gasteiger partial charge < -0.3 is 28.8 Å². The van der Waals surface area contributed by atoms with Gasteiger partial charge in [0.1, 0.15) is 13.2 Å². The van der Waals surface area contributed by atoms with Crippen molar-refractivity contribution < 1.29 is 32.9 Å². The third kappa shape index (κ3) is 58.7. The summed E-state index contributed by atoms with van der Waals surface area (Å²) in [6.45, 7) is 4.69. The van der Waals surface area contributed by atoms with E-state index < -0.39 is 20.0 Å². The van der Waals surface area contributed by atoms with Crippen molar-refractivity contribution in [2.75, 3.05) is 40.9 Å². The monoisotopic (exact) mass is 1060 g/mol. The van der Waals surface area contributed by atoms with E-state index in [4.69, 9.17) is 9.05 Å². The molecule has 0 aliphatic heterocycles. The zero-order valence-electron chi connectivity index (χ0n) is 50.3. The van der Waals surface area contributed by atoms with E-state index in [1.807, 2.05) is 27.2 Å². The van der Waals surface area contributed by atoms with E-state index in [1.165, 1.54) is 276 Å². The highest BCUT2D eigenvalue weighted by atomic mass is 31.2. The predicted octanol–water partition coefficient (Wildman–Crippen LogP) is 19.7. The molecule has 0 aromatic carbocycles. The molecular weight excluding hydrogens is 936 g/mol. The normalized spacial score (nSPS) is 13.9. The number of hydrogen-bond acceptors (Lipinski definition) is 6. The Hall–Kier alpha value is -1.02. The van der Waals surface area contributed by atoms with Crippen LogP contribution in [-0.2, 0) is 18.4 Å². The number of amides is 1. The van der Waals surface area contributed by atoms with Gasteiger partial charge in [0.25, 0.3) is 7.82 Å². The van der Waals surface area contributed by atoms with Crippen LogP contribution < -0.4 is 10.2 Å². The minimum atomic E-state index is -4.61. The molecule has 0 saturated heterocycles. The summed E-state index contributed by atoms with van der Waals surface area (Å²) >= 11 is 0. The van der Waals surface area contributed by atoms with Crippen LogP contribution in [0.5, 0.6) is 0 Å². The van der Waals surface area contributed by atoms with Gasteiger partial charge >= 0.3 is 0 Å². The largest absolute Gasteiger partial charge is 0.756 e. The number of phosphoric ester groups is 1. The number of hydrogen-bond donors (Lipinski definition) is 2. The van der Waals surface area contributed by atoms with Crippen molar-refractivity contribution in [1.29, 1.82) is 0 Å². The van der Waals surface area contributed by atoms with E-state index in [2.05, 4.69) is 31.3 Å². The maximum absolute atomic E-state index is 13.0. The van der Waals surface area contributed by atoms with Crippen molar-refractivity contribution in [3.05, 3.63) is 24.3 Å². The number of aliphatic hydroxyl groups is 1. The molecule has 74 heavy (non-hydrogen) atoms. The standard InChI is InChI=1S/C65H129N2O6P/c1-6-8-10-12-14-16-18-20-22-24-26-28-30-31-32-33-34-35-37-39-41-43-45-47-49-51-53-55-57-59-65(69)66-63(62-73-74(70,71)72-61-60-67(3,4)5)64(68)58-56-54-52-50-48-46-44-42-40-38-36-29-27-25-23-21-19-17-15-13-11-9-7-2/h48,50,56,58,63-64,68H,6-47,49,51-55,57,59-62H2,1-5H3,(H-,66,69,70,71)/b50-48+,58-56+. The summed E-state index contributed by atoms with van der Waals surface area (Å²) in [5.41, 5.74) is 0. The number of rotatable bonds is 61. The maximum atomic E-state index is 13.0. The first-order valence-corrected chi connectivity index (χ1v) is 34.2. The number of phosphoric acid groups is 1. The molecule has 1 amide bonds. The number of nitrogens with zero attached hydrogens (tertiary/aromatic N) is 1. The van der Waals surface area contributed by atoms with Crippen molar-refractivity contribution in [3.63, 3.8) is 0 Å². The van der Waals surface area contributed by atoms with Gasteiger partial charge in [0, 0.05) is 6.42 Å². The minimum Gasteiger partial charge on any atom is -0.756 e. The van der Waals surface area contributed by atoms with Crippen molar-refractivity contribution in [3.8, 4) is 0 Å². The van der Waals surface area contributed by atoms with Crippen LogP contribution in [0.2, 0.25) is 0 Å². The molecular formula is C65H129N2O6P. The Morgan fingerprint density at radius 2 is 0.757 bits per heavy atom. The molecule has 3 atom stereocenters. The summed E-state index contributed by atoms with van der Waals surface area (Å²) in [6, 6.07) is -0.901. The molecule has 0 aromatic rings. The number of quaternary nitrogens is 1. The van der Waals surface area contributed by atoms with Gasteiger partial charge in [0.15, 0.2) is 0 Å². The second kappa shape index (κ2) is 56.7. The average molecular weight is 1070 g/mol. The number of likely N-dealkylation sites (N-methyl/N-ethyl adjacent to an activating group) is 1. The molecule has 0 rings (SSSR count). The Morgan fingerprint density at radius 1 is 0.459 bits per heavy atom. The molecule has 3 unspecified atom stereocenters. The Kier molecular flexibility index (Phi) is 55.9. The summed E-state index contributed by atoms with van der Waals surface area (Å²) < 4.78 is 23.4. The molecule has 440 valence electrons. The fourth-order valence-corrected chi connectivity index (χ4v) is 10.8. The van der Waals surface area contributed by atoms with Gasteiger partial charge in [-0.25, -0.2) is 0 Å². The second-order valence-corrected chi connectivity index (χ2v) is 25.2. The van der Waals surface area contributed by atoms with Gasteiger partial charge in [-0.2, -0.15) is 0 Å². The lowest BCUT2D eigenvalue weighted by molar-refractivity contribution is -0.870. The molecule has 2 N–H and O–H groups in total. The summed E-state index contributed by atoms with van der Waals surface area (Å²) in [7, 11) is 1.26. The smallest absolute Gasteiger partial charge is 0.268 e. The van der Waals surface area contributed by atoms with Crippen LogP contribution in [0.15, 0.2) is 24.3 Å². The van der Waals surface area contributed by atoms with Crippen molar-refractivity contribution in [2.45, 2.75) is 347 Å². The van der Waals surface area contributed by atoms with Crippen molar-refractivity contribution >= 4 is 13.7 Å². The molecule has 0 heterocycles. The summed E-state index contributed by atoms with van der Waals surface area (Å²) in [5.74, 6) is -0.199. The van der Waals surface area contributed by atoms with Crippen molar-refractivity contribution in [1.82, 2.24) is 5.32 Å². The van der Waals surface area contributed by atoms with E-state index in [1.54, 1.807) is 6.08 Å². The number of allylic oxidation sites excluding steroid dienone is 3. The molecule has 0 saturated carbocycles. The number of nitrogens with one attached hydrogen (secondary N) is 1. The van der Waals surface area contributed by atoms with Crippen LogP contribution in [-0.4, -0.2) is 68.5 Å². The maximum Gasteiger partial charge on any atom is 0.268 e. The third-order valence-electron chi connectivity index (χ3n) is 15.2. The minimum absolute atomic E-state index is 0.00352. The van der Waals surface area contributed by atoms with Gasteiger partial charge in [0.05, 0.1) is 39.9 Å². The van der Waals surface area contributed by atoms with E-state index in [9.17, 15) is 19.4 Å². The number of carbonyl (C=O) groups is 1. The molecule has 0 radical (unpaired) electrons. The van der Waals surface area contributed by atoms with Crippen LogP contribution >= 0.6 is 7.82 Å². The molecule has 8 nitrogen and oxygen atoms in total. The van der Waals surface area contributed by atoms with Gasteiger partial charge in [0.2, 0.25) is 5.91 Å². The van der Waals surface area contributed by atoms with Crippen LogP contribution in [0.25, 0.3) is 0 Å². The van der Waals surface area contributed by atoms with Crippen LogP contribution in [0.3, 0.4) is 0 Å². The highest BCUT2D eigenvalue weighted by Gasteiger charge is 2.23. The fraction of sp³-hybridized carbons (Fsp3) is 0.923. The first kappa shape index (κ1) is 73.0. The highest BCUT2D eigenvalue weighted by Crippen LogP contribution is 2.38. The van der Waals surface area contributed by atoms with Crippen LogP contribution in [0.1, 0.15) is 335 Å². The lowest BCUT2D eigenvalue weighted by Crippen LogP contribution is -2.45. The quantitative estimate of drug-likeness (QED) is 0.0272. The molecule has 0 aliphatic rings. The first-order valence-electron chi connectivity index (χ1n) is 32.7. The average Bonchev–Trinajstić information content (AvgIpc) is 3.36. The second-order valence-electron chi connectivity index (χ2n) is 23.8. The molecule has 0 aromatic heterocycles. The molecule has 0 bridgehead atoms. The van der Waals surface area contributed by atoms with E-state index in [0.29, 0.717) is 17.4 Å². The van der Waals surface area contributed by atoms with E-state index in [-0.39, 0.29) is 19.1 Å². The van der Waals surface area contributed by atoms with Gasteiger partial charge in [-0.3, -0.25) is 9.36 Å². The number of carbonyl (C=O) groups excluding carboxylic acids is 1. The van der Waals surface area contributed by atoms with Gasteiger partial charge in [-0.15, -0.1) is 0 Å². The van der Waals surface area contributed by atoms with Crippen LogP contribution in [0, 0.1) is 0 Å². The molecule has 0 spiro atoms. The fourth-order valence-electron chi connectivity index (χ4n) is 10.1. The molecule has 0 aliphatic carbocycles. The summed E-state index contributed by atoms with van der Waals surface area (Å²) in [5, 5.41) is 13.9. The Bertz CT molecular complexity index is 1260. The molecule has 9 heteroatoms. The highest BCUT2D eigenvalue weighted by molar-refractivity contribution is 7.45. The van der Waals surface area contributed by atoms with Crippen LogP contribution in [0.4, 0.5) is 0 Å². The topological polar surface area (TPSA) is 108 Å². The van der Waals surface area contributed by atoms with Crippen molar-refractivity contribution in [2.24, 2.45) is 0 Å². The number of aliphatic hydroxyl groups excluding tert-OH is 1. The Labute approximate surface area is 462 Å². The Balaban J connectivity index is 4.10. The van der Waals surface area contributed by atoms with E-state index >= 15 is 0 Å². The zero-order chi connectivity index (χ0) is 54.2. The van der Waals surface area contributed by atoms with Gasteiger partial charge in [-0.05, 0) is 32.1 Å². The SMILES string of the molecule is CCCCCCCCCCCCCCCCCCC/C=C/CC/C=C/C(O)C(COP(=O)([O-])OCC[N+](C)(C)C)NC(=O)CCCCCCCCCCCCCCCCCCCCCCCCCCCCCCC. The lowest BCUT2D eigenvalue weighted by Gasteiger charge is -2.29. The summed E-state index contributed by atoms with van der Waals surface area (Å²) in [4.78, 5) is 25.6. The predicted molar refractivity (Wildman–Crippen MR) is 321 cm³/mol. The Morgan fingerprint density at radius 3 is 1.09 bits per heavy atom. The first-order chi connectivity index (χ1) is 36.0. The summed E-state index contributed by atoms with van der Waals surface area (Å²) in [6.07, 6.45) is 72.9. The van der Waals surface area contributed by atoms with E-state index in [0.717, 1.165) is 38.5 Å².